The number of rotatable bonds is 2. The van der Waals surface area contributed by atoms with Crippen LogP contribution in [-0.2, 0) is 0 Å². The first-order valence-corrected chi connectivity index (χ1v) is 6.44. The molecule has 1 nitrogen and oxygen atoms in total. The zero-order chi connectivity index (χ0) is 13.3. The van der Waals surface area contributed by atoms with Crippen LogP contribution in [0.3, 0.4) is 0 Å². The predicted molar refractivity (Wildman–Crippen MR) is 77.3 cm³/mol. The van der Waals surface area contributed by atoms with Gasteiger partial charge in [-0.1, -0.05) is 52.5 Å². The second-order valence-corrected chi connectivity index (χ2v) is 5.20. The summed E-state index contributed by atoms with van der Waals surface area (Å²) in [6.07, 6.45) is 0.703. The number of aldehydes is 1. The van der Waals surface area contributed by atoms with Crippen molar-refractivity contribution in [3.63, 3.8) is 0 Å². The van der Waals surface area contributed by atoms with Crippen LogP contribution < -0.4 is 0 Å². The molecule has 0 heterocycles. The fraction of sp³-hybridized carbons (Fsp3) is 0. The van der Waals surface area contributed by atoms with E-state index in [9.17, 15) is 4.79 Å². The molecular formula is C13H6Cl4O. The molecule has 2 aromatic carbocycles. The molecule has 0 bridgehead atoms. The molecule has 0 aromatic heterocycles. The molecule has 5 heteroatoms. The number of hydrogen-bond acceptors (Lipinski definition) is 1. The first-order valence-electron chi connectivity index (χ1n) is 4.93. The van der Waals surface area contributed by atoms with Crippen molar-refractivity contribution < 1.29 is 4.79 Å². The molecule has 0 aliphatic heterocycles. The van der Waals surface area contributed by atoms with Crippen molar-refractivity contribution in [1.29, 1.82) is 0 Å². The van der Waals surface area contributed by atoms with Crippen LogP contribution in [0, 0.1) is 0 Å². The number of benzene rings is 2. The van der Waals surface area contributed by atoms with Gasteiger partial charge >= 0.3 is 0 Å². The number of halogens is 4. The lowest BCUT2D eigenvalue weighted by Gasteiger charge is -2.11. The Balaban J connectivity index is 2.77. The van der Waals surface area contributed by atoms with Crippen molar-refractivity contribution in [2.24, 2.45) is 0 Å². The Morgan fingerprint density at radius 3 is 2.22 bits per heavy atom. The molecule has 2 rings (SSSR count). The van der Waals surface area contributed by atoms with Gasteiger partial charge in [0.1, 0.15) is 0 Å². The molecule has 0 aliphatic rings. The zero-order valence-corrected chi connectivity index (χ0v) is 11.9. The van der Waals surface area contributed by atoms with Gasteiger partial charge in [0.15, 0.2) is 6.29 Å². The highest BCUT2D eigenvalue weighted by Crippen LogP contribution is 2.40. The third-order valence-electron chi connectivity index (χ3n) is 2.45. The van der Waals surface area contributed by atoms with Crippen molar-refractivity contribution in [2.45, 2.75) is 0 Å². The Morgan fingerprint density at radius 2 is 1.56 bits per heavy atom. The quantitative estimate of drug-likeness (QED) is 0.506. The number of carbonyl (C=O) groups is 1. The summed E-state index contributed by atoms with van der Waals surface area (Å²) >= 11 is 24.0. The summed E-state index contributed by atoms with van der Waals surface area (Å²) in [7, 11) is 0. The standard InChI is InChI=1S/C13H6Cl4O/c14-8-1-2-9(7(5-8)6-18)12-10(15)3-4-11(16)13(12)17/h1-6H. The maximum Gasteiger partial charge on any atom is 0.150 e. The topological polar surface area (TPSA) is 17.1 Å². The highest BCUT2D eigenvalue weighted by Gasteiger charge is 2.15. The second kappa shape index (κ2) is 5.50. The first-order chi connectivity index (χ1) is 8.54. The molecule has 0 unspecified atom stereocenters. The van der Waals surface area contributed by atoms with Gasteiger partial charge in [0, 0.05) is 16.1 Å². The average Bonchev–Trinajstić information content (AvgIpc) is 2.36. The molecule has 0 radical (unpaired) electrons. The van der Waals surface area contributed by atoms with Gasteiger partial charge in [-0.2, -0.15) is 0 Å². The van der Waals surface area contributed by atoms with E-state index >= 15 is 0 Å². The van der Waals surface area contributed by atoms with E-state index in [1.54, 1.807) is 30.3 Å². The lowest BCUT2D eigenvalue weighted by Crippen LogP contribution is -1.90. The molecule has 92 valence electrons. The van der Waals surface area contributed by atoms with Crippen molar-refractivity contribution in [3.8, 4) is 11.1 Å². The summed E-state index contributed by atoms with van der Waals surface area (Å²) in [6, 6.07) is 8.14. The van der Waals surface area contributed by atoms with Crippen molar-refractivity contribution >= 4 is 52.7 Å². The molecule has 18 heavy (non-hydrogen) atoms. The van der Waals surface area contributed by atoms with Gasteiger partial charge in [-0.3, -0.25) is 4.79 Å². The molecule has 0 fully saturated rings. The van der Waals surface area contributed by atoms with Crippen LogP contribution in [-0.4, -0.2) is 6.29 Å². The van der Waals surface area contributed by atoms with E-state index in [1.165, 1.54) is 0 Å². The van der Waals surface area contributed by atoms with E-state index in [0.717, 1.165) is 0 Å². The third-order valence-corrected chi connectivity index (χ3v) is 3.81. The minimum atomic E-state index is 0.314. The fourth-order valence-electron chi connectivity index (χ4n) is 1.63. The summed E-state index contributed by atoms with van der Waals surface area (Å²) in [6.45, 7) is 0. The summed E-state index contributed by atoms with van der Waals surface area (Å²) in [5.74, 6) is 0. The maximum atomic E-state index is 11.1. The Bertz CT molecular complexity index is 623. The third kappa shape index (κ3) is 2.50. The lowest BCUT2D eigenvalue weighted by molar-refractivity contribution is 0.112. The van der Waals surface area contributed by atoms with E-state index in [0.29, 0.717) is 43.1 Å². The SMILES string of the molecule is O=Cc1cc(Cl)ccc1-c1c(Cl)ccc(Cl)c1Cl. The molecule has 0 amide bonds. The van der Waals surface area contributed by atoms with E-state index < -0.39 is 0 Å². The Hall–Kier alpha value is -0.730. The van der Waals surface area contributed by atoms with Gasteiger partial charge in [-0.15, -0.1) is 0 Å². The van der Waals surface area contributed by atoms with Gasteiger partial charge in [0.05, 0.1) is 15.1 Å². The largest absolute Gasteiger partial charge is 0.298 e. The molecular weight excluding hydrogens is 314 g/mol. The van der Waals surface area contributed by atoms with Crippen molar-refractivity contribution in [3.05, 3.63) is 56.0 Å². The number of carbonyl (C=O) groups excluding carboxylic acids is 1. The van der Waals surface area contributed by atoms with Crippen LogP contribution in [0.15, 0.2) is 30.3 Å². The molecule has 0 N–H and O–H groups in total. The highest BCUT2D eigenvalue weighted by atomic mass is 35.5. The molecule has 0 atom stereocenters. The Labute approximate surface area is 124 Å². The van der Waals surface area contributed by atoms with Gasteiger partial charge in [-0.05, 0) is 29.8 Å². The highest BCUT2D eigenvalue weighted by molar-refractivity contribution is 6.46. The smallest absolute Gasteiger partial charge is 0.150 e. The maximum absolute atomic E-state index is 11.1. The van der Waals surface area contributed by atoms with Gasteiger partial charge in [-0.25, -0.2) is 0 Å². The van der Waals surface area contributed by atoms with Gasteiger partial charge in [0.25, 0.3) is 0 Å². The summed E-state index contributed by atoms with van der Waals surface area (Å²) in [4.78, 5) is 11.1. The number of hydrogen-bond donors (Lipinski definition) is 0. The van der Waals surface area contributed by atoms with Crippen molar-refractivity contribution in [1.82, 2.24) is 0 Å². The summed E-state index contributed by atoms with van der Waals surface area (Å²) < 4.78 is 0. The van der Waals surface area contributed by atoms with Gasteiger partial charge < -0.3 is 0 Å². The molecule has 0 saturated carbocycles. The van der Waals surface area contributed by atoms with E-state index in [1.807, 2.05) is 0 Å². The van der Waals surface area contributed by atoms with E-state index in [2.05, 4.69) is 0 Å². The lowest BCUT2D eigenvalue weighted by atomic mass is 10.0. The van der Waals surface area contributed by atoms with Crippen LogP contribution in [0.5, 0.6) is 0 Å². The minimum Gasteiger partial charge on any atom is -0.298 e. The van der Waals surface area contributed by atoms with Crippen LogP contribution in [0.1, 0.15) is 10.4 Å². The van der Waals surface area contributed by atoms with Crippen molar-refractivity contribution in [2.75, 3.05) is 0 Å². The zero-order valence-electron chi connectivity index (χ0n) is 8.88. The van der Waals surface area contributed by atoms with Crippen LogP contribution in [0.25, 0.3) is 11.1 Å². The first kappa shape index (κ1) is 13.7. The van der Waals surface area contributed by atoms with Crippen LogP contribution >= 0.6 is 46.4 Å². The van der Waals surface area contributed by atoms with Crippen LogP contribution in [0.4, 0.5) is 0 Å². The van der Waals surface area contributed by atoms with E-state index in [4.69, 9.17) is 46.4 Å². The molecule has 0 aliphatic carbocycles. The summed E-state index contributed by atoms with van der Waals surface area (Å²) in [5.41, 5.74) is 1.55. The normalized spacial score (nSPS) is 10.4. The monoisotopic (exact) mass is 318 g/mol. The minimum absolute atomic E-state index is 0.314. The average molecular weight is 320 g/mol. The molecule has 0 spiro atoms. The Morgan fingerprint density at radius 1 is 0.889 bits per heavy atom. The Kier molecular flexibility index (Phi) is 4.18. The fourth-order valence-corrected chi connectivity index (χ4v) is 2.54. The van der Waals surface area contributed by atoms with Crippen LogP contribution in [0.2, 0.25) is 20.1 Å². The van der Waals surface area contributed by atoms with Gasteiger partial charge in [0.2, 0.25) is 0 Å². The molecule has 2 aromatic rings. The summed E-state index contributed by atoms with van der Waals surface area (Å²) in [5, 5.41) is 1.59. The predicted octanol–water partition coefficient (Wildman–Crippen LogP) is 5.78. The second-order valence-electron chi connectivity index (χ2n) is 3.57. The van der Waals surface area contributed by atoms with E-state index in [-0.39, 0.29) is 0 Å². The molecule has 0 saturated heterocycles.